The molecule has 1 aliphatic rings. The van der Waals surface area contributed by atoms with Crippen molar-refractivity contribution in [2.24, 2.45) is 0 Å². The summed E-state index contributed by atoms with van der Waals surface area (Å²) in [7, 11) is 0. The lowest BCUT2D eigenvalue weighted by Crippen LogP contribution is -2.50. The monoisotopic (exact) mass is 382 g/mol. The molecule has 1 fully saturated rings. The van der Waals surface area contributed by atoms with Gasteiger partial charge in [-0.15, -0.1) is 0 Å². The van der Waals surface area contributed by atoms with Gasteiger partial charge in [-0.25, -0.2) is 14.4 Å². The van der Waals surface area contributed by atoms with Crippen molar-refractivity contribution in [1.29, 1.82) is 0 Å². The molecule has 0 radical (unpaired) electrons. The highest BCUT2D eigenvalue weighted by Crippen LogP contribution is 2.21. The maximum Gasteiger partial charge on any atom is 0.259 e. The first-order chi connectivity index (χ1) is 13.5. The van der Waals surface area contributed by atoms with Gasteiger partial charge in [0, 0.05) is 37.6 Å². The van der Waals surface area contributed by atoms with Crippen LogP contribution < -0.4 is 15.5 Å². The van der Waals surface area contributed by atoms with Crippen molar-refractivity contribution >= 4 is 23.1 Å². The van der Waals surface area contributed by atoms with Crippen molar-refractivity contribution in [2.75, 3.05) is 29.9 Å². The summed E-state index contributed by atoms with van der Waals surface area (Å²) in [4.78, 5) is 23.1. The number of carbonyl (C=O) groups is 1. The molecule has 1 aromatic carbocycles. The molecule has 1 aliphatic heterocycles. The number of rotatable bonds is 4. The molecule has 8 heteroatoms. The second-order valence-corrected chi connectivity index (χ2v) is 7.04. The molecule has 1 saturated heterocycles. The summed E-state index contributed by atoms with van der Waals surface area (Å²) in [6, 6.07) is 5.16. The highest BCUT2D eigenvalue weighted by atomic mass is 19.1. The standard InChI is InChI=1S/C20H23FN6O/c1-3-14-11-26(7-6-22-14)15-4-5-16(17(21)8-15)20(28)25-18-12-27-10-13(2)24-19(27)9-23-18/h4-5,8-10,12,14,22H,3,6-7,11H2,1-2H3,(H,25,28)/t14-/m1/s1. The quantitative estimate of drug-likeness (QED) is 0.726. The highest BCUT2D eigenvalue weighted by molar-refractivity contribution is 6.04. The van der Waals surface area contributed by atoms with Crippen molar-refractivity contribution in [3.8, 4) is 0 Å². The molecule has 2 aromatic heterocycles. The number of hydrogen-bond acceptors (Lipinski definition) is 5. The van der Waals surface area contributed by atoms with Crippen molar-refractivity contribution in [2.45, 2.75) is 26.3 Å². The van der Waals surface area contributed by atoms with E-state index in [4.69, 9.17) is 0 Å². The molecule has 146 valence electrons. The number of aromatic nitrogens is 3. The predicted molar refractivity (Wildman–Crippen MR) is 106 cm³/mol. The second-order valence-electron chi connectivity index (χ2n) is 7.04. The van der Waals surface area contributed by atoms with E-state index in [0.29, 0.717) is 17.5 Å². The fraction of sp³-hybridized carbons (Fsp3) is 0.350. The van der Waals surface area contributed by atoms with Gasteiger partial charge < -0.3 is 19.9 Å². The van der Waals surface area contributed by atoms with E-state index in [9.17, 15) is 9.18 Å². The van der Waals surface area contributed by atoms with E-state index in [1.165, 1.54) is 12.1 Å². The van der Waals surface area contributed by atoms with Crippen molar-refractivity contribution < 1.29 is 9.18 Å². The van der Waals surface area contributed by atoms with E-state index in [1.807, 2.05) is 13.1 Å². The number of aryl methyl sites for hydroxylation is 1. The molecule has 7 nitrogen and oxygen atoms in total. The SMILES string of the molecule is CC[C@@H]1CN(c2ccc(C(=O)Nc3cn4cc(C)nc4cn3)c(F)c2)CCN1. The van der Waals surface area contributed by atoms with Crippen LogP contribution in [-0.4, -0.2) is 46.0 Å². The van der Waals surface area contributed by atoms with E-state index in [-0.39, 0.29) is 5.56 Å². The number of carbonyl (C=O) groups excluding carboxylic acids is 1. The smallest absolute Gasteiger partial charge is 0.259 e. The Morgan fingerprint density at radius 3 is 3.04 bits per heavy atom. The van der Waals surface area contributed by atoms with Crippen LogP contribution in [-0.2, 0) is 0 Å². The van der Waals surface area contributed by atoms with E-state index < -0.39 is 11.7 Å². The maximum atomic E-state index is 14.7. The molecule has 3 heterocycles. The lowest BCUT2D eigenvalue weighted by molar-refractivity contribution is 0.102. The number of nitrogens with one attached hydrogen (secondary N) is 2. The van der Waals surface area contributed by atoms with Crippen molar-refractivity contribution in [3.63, 3.8) is 0 Å². The molecule has 4 rings (SSSR count). The zero-order valence-electron chi connectivity index (χ0n) is 15.9. The number of halogens is 1. The third-order valence-electron chi connectivity index (χ3n) is 5.01. The average molecular weight is 382 g/mol. The average Bonchev–Trinajstić information content (AvgIpc) is 3.07. The summed E-state index contributed by atoms with van der Waals surface area (Å²) in [5.41, 5.74) is 2.33. The van der Waals surface area contributed by atoms with Gasteiger partial charge >= 0.3 is 0 Å². The minimum atomic E-state index is -0.541. The Morgan fingerprint density at radius 1 is 1.39 bits per heavy atom. The first-order valence-electron chi connectivity index (χ1n) is 9.44. The second kappa shape index (κ2) is 7.55. The molecule has 0 bridgehead atoms. The van der Waals surface area contributed by atoms with Crippen LogP contribution in [0.25, 0.3) is 5.65 Å². The van der Waals surface area contributed by atoms with Crippen LogP contribution in [0.3, 0.4) is 0 Å². The van der Waals surface area contributed by atoms with Gasteiger partial charge in [-0.1, -0.05) is 6.92 Å². The number of benzene rings is 1. The number of piperazine rings is 1. The number of hydrogen-bond donors (Lipinski definition) is 2. The summed E-state index contributed by atoms with van der Waals surface area (Å²) in [5, 5.41) is 6.09. The van der Waals surface area contributed by atoms with Gasteiger partial charge in [0.05, 0.1) is 23.7 Å². The third kappa shape index (κ3) is 3.68. The molecule has 1 atom stereocenters. The lowest BCUT2D eigenvalue weighted by atomic mass is 10.1. The topological polar surface area (TPSA) is 74.6 Å². The van der Waals surface area contributed by atoms with Crippen LogP contribution in [0, 0.1) is 12.7 Å². The molecule has 1 amide bonds. The number of imidazole rings is 1. The highest BCUT2D eigenvalue weighted by Gasteiger charge is 2.20. The molecule has 28 heavy (non-hydrogen) atoms. The summed E-state index contributed by atoms with van der Waals surface area (Å²) in [6.45, 7) is 6.52. The fourth-order valence-corrected chi connectivity index (χ4v) is 3.49. The Morgan fingerprint density at radius 2 is 2.25 bits per heavy atom. The fourth-order valence-electron chi connectivity index (χ4n) is 3.49. The normalized spacial score (nSPS) is 17.1. The largest absolute Gasteiger partial charge is 0.369 e. The molecule has 0 aliphatic carbocycles. The molecule has 0 unspecified atom stereocenters. The van der Waals surface area contributed by atoms with E-state index in [0.717, 1.165) is 37.4 Å². The van der Waals surface area contributed by atoms with Crippen molar-refractivity contribution in [3.05, 3.63) is 53.9 Å². The maximum absolute atomic E-state index is 14.7. The Labute approximate surface area is 162 Å². The Hall–Kier alpha value is -3.00. The molecule has 2 N–H and O–H groups in total. The van der Waals surface area contributed by atoms with E-state index in [1.54, 1.807) is 22.9 Å². The van der Waals surface area contributed by atoms with Gasteiger partial charge in [0.25, 0.3) is 5.91 Å². The van der Waals surface area contributed by atoms with Crippen LogP contribution in [0.2, 0.25) is 0 Å². The van der Waals surface area contributed by atoms with Crippen LogP contribution in [0.15, 0.2) is 36.8 Å². The summed E-state index contributed by atoms with van der Waals surface area (Å²) >= 11 is 0. The zero-order chi connectivity index (χ0) is 19.7. The third-order valence-corrected chi connectivity index (χ3v) is 5.01. The first kappa shape index (κ1) is 18.4. The predicted octanol–water partition coefficient (Wildman–Crippen LogP) is 2.62. The molecular weight excluding hydrogens is 359 g/mol. The summed E-state index contributed by atoms with van der Waals surface area (Å²) in [5.74, 6) is -0.730. The molecule has 0 spiro atoms. The lowest BCUT2D eigenvalue weighted by Gasteiger charge is -2.35. The van der Waals surface area contributed by atoms with Gasteiger partial charge in [0.15, 0.2) is 5.65 Å². The van der Waals surface area contributed by atoms with Crippen LogP contribution in [0.5, 0.6) is 0 Å². The van der Waals surface area contributed by atoms with Gasteiger partial charge in [-0.3, -0.25) is 4.79 Å². The summed E-state index contributed by atoms with van der Waals surface area (Å²) < 4.78 is 16.4. The summed E-state index contributed by atoms with van der Waals surface area (Å²) in [6.07, 6.45) is 6.08. The van der Waals surface area contributed by atoms with Crippen LogP contribution >= 0.6 is 0 Å². The Bertz CT molecular complexity index is 1020. The minimum absolute atomic E-state index is 0.00497. The molecular formula is C20H23FN6O. The first-order valence-corrected chi connectivity index (χ1v) is 9.44. The number of anilines is 2. The van der Waals surface area contributed by atoms with Crippen LogP contribution in [0.1, 0.15) is 29.4 Å². The van der Waals surface area contributed by atoms with E-state index >= 15 is 0 Å². The Kier molecular flexibility index (Phi) is 4.95. The van der Waals surface area contributed by atoms with E-state index in [2.05, 4.69) is 32.4 Å². The Balaban J connectivity index is 1.50. The van der Waals surface area contributed by atoms with Gasteiger partial charge in [-0.2, -0.15) is 0 Å². The molecule has 0 saturated carbocycles. The van der Waals surface area contributed by atoms with Crippen molar-refractivity contribution in [1.82, 2.24) is 19.7 Å². The zero-order valence-corrected chi connectivity index (χ0v) is 15.9. The number of nitrogens with zero attached hydrogens (tertiary/aromatic N) is 4. The number of fused-ring (bicyclic) bond motifs is 1. The van der Waals surface area contributed by atoms with Gasteiger partial charge in [0.2, 0.25) is 0 Å². The molecule has 3 aromatic rings. The minimum Gasteiger partial charge on any atom is -0.369 e. The number of amides is 1. The van der Waals surface area contributed by atoms with Gasteiger partial charge in [-0.05, 0) is 31.5 Å². The van der Waals surface area contributed by atoms with Gasteiger partial charge in [0.1, 0.15) is 11.6 Å². The van der Waals surface area contributed by atoms with Crippen LogP contribution in [0.4, 0.5) is 15.9 Å².